The normalized spacial score (nSPS) is 14.0. The van der Waals surface area contributed by atoms with Gasteiger partial charge in [-0.15, -0.1) is 0 Å². The molecule has 594 valence electrons. The highest BCUT2D eigenvalue weighted by molar-refractivity contribution is 7.47. The number of aliphatic hydroxyl groups excluding tert-OH is 1. The summed E-state index contributed by atoms with van der Waals surface area (Å²) < 4.78 is 68.7. The molecular weight excluding hydrogens is 1310 g/mol. The van der Waals surface area contributed by atoms with Gasteiger partial charge in [-0.1, -0.05) is 364 Å². The number of esters is 4. The fourth-order valence-corrected chi connectivity index (χ4v) is 14.0. The highest BCUT2D eigenvalue weighted by Gasteiger charge is 2.30. The van der Waals surface area contributed by atoms with Crippen molar-refractivity contribution in [2.75, 3.05) is 39.6 Å². The lowest BCUT2D eigenvalue weighted by molar-refractivity contribution is -0.161. The van der Waals surface area contributed by atoms with Crippen molar-refractivity contribution in [1.82, 2.24) is 0 Å². The van der Waals surface area contributed by atoms with Gasteiger partial charge in [-0.3, -0.25) is 37.3 Å². The van der Waals surface area contributed by atoms with E-state index in [1.807, 2.05) is 0 Å². The van der Waals surface area contributed by atoms with Crippen LogP contribution in [-0.4, -0.2) is 96.7 Å². The molecule has 0 aromatic heterocycles. The van der Waals surface area contributed by atoms with Crippen LogP contribution >= 0.6 is 15.6 Å². The molecule has 0 fully saturated rings. The molecule has 0 heterocycles. The first-order valence-corrected chi connectivity index (χ1v) is 44.7. The molecule has 100 heavy (non-hydrogen) atoms. The van der Waals surface area contributed by atoms with Crippen molar-refractivity contribution < 1.29 is 80.2 Å². The zero-order valence-corrected chi connectivity index (χ0v) is 67.6. The van der Waals surface area contributed by atoms with E-state index in [2.05, 4.69) is 55.4 Å². The maximum atomic E-state index is 13.1. The smallest absolute Gasteiger partial charge is 0.462 e. The molecule has 0 saturated carbocycles. The first-order chi connectivity index (χ1) is 48.1. The number of rotatable bonds is 78. The maximum Gasteiger partial charge on any atom is 0.472 e. The standard InChI is InChI=1S/C81H158O17P2/c1-71(2)57-49-41-33-27-21-15-11-9-10-12-17-24-30-36-45-53-61-78(83)91-67-76(97-80(85)64-56-48-38-32-26-20-19-23-29-35-43-51-59-73(5)6)69-95-99(87,88)93-65-75(82)66-94-100(89,90)96-70-77(68-92-79(84)62-54-46-40-39-44-52-60-74(7)8)98-81(86)63-55-47-37-31-25-18-14-13-16-22-28-34-42-50-58-72(3)4/h71-77,82H,9-70H2,1-8H3,(H,87,88)(H,89,90)/t75?,76-,77-/m1/s1. The molecular formula is C81H158O17P2. The summed E-state index contributed by atoms with van der Waals surface area (Å²) in [4.78, 5) is 73.0. The van der Waals surface area contributed by atoms with Gasteiger partial charge in [0.2, 0.25) is 0 Å². The van der Waals surface area contributed by atoms with Gasteiger partial charge in [0.15, 0.2) is 12.2 Å². The molecule has 0 aromatic rings. The van der Waals surface area contributed by atoms with Crippen molar-refractivity contribution in [1.29, 1.82) is 0 Å². The predicted molar refractivity (Wildman–Crippen MR) is 409 cm³/mol. The molecule has 0 radical (unpaired) electrons. The molecule has 0 aromatic carbocycles. The Morgan fingerprint density at radius 2 is 0.420 bits per heavy atom. The summed E-state index contributed by atoms with van der Waals surface area (Å²) in [7, 11) is -9.92. The van der Waals surface area contributed by atoms with Crippen LogP contribution in [-0.2, 0) is 65.4 Å². The molecule has 0 amide bonds. The Morgan fingerprint density at radius 3 is 0.620 bits per heavy atom. The summed E-state index contributed by atoms with van der Waals surface area (Å²) in [6.45, 7) is 14.2. The summed E-state index contributed by atoms with van der Waals surface area (Å²) in [5.74, 6) is 0.948. The summed E-state index contributed by atoms with van der Waals surface area (Å²) >= 11 is 0. The van der Waals surface area contributed by atoms with Crippen molar-refractivity contribution in [3.63, 3.8) is 0 Å². The molecule has 0 aliphatic rings. The van der Waals surface area contributed by atoms with Gasteiger partial charge in [-0.2, -0.15) is 0 Å². The van der Waals surface area contributed by atoms with Crippen LogP contribution in [0.1, 0.15) is 415 Å². The minimum absolute atomic E-state index is 0.106. The van der Waals surface area contributed by atoms with E-state index in [0.29, 0.717) is 31.6 Å². The van der Waals surface area contributed by atoms with E-state index in [4.69, 9.17) is 37.0 Å². The molecule has 0 rings (SSSR count). The van der Waals surface area contributed by atoms with Crippen LogP contribution in [0.3, 0.4) is 0 Å². The first-order valence-electron chi connectivity index (χ1n) is 41.7. The first kappa shape index (κ1) is 98.1. The number of carbonyl (C=O) groups excluding carboxylic acids is 4. The zero-order chi connectivity index (χ0) is 73.8. The number of phosphoric ester groups is 2. The van der Waals surface area contributed by atoms with Crippen LogP contribution in [0.5, 0.6) is 0 Å². The minimum atomic E-state index is -4.96. The largest absolute Gasteiger partial charge is 0.472 e. The molecule has 3 unspecified atom stereocenters. The lowest BCUT2D eigenvalue weighted by Gasteiger charge is -2.21. The molecule has 0 aliphatic carbocycles. The lowest BCUT2D eigenvalue weighted by Crippen LogP contribution is -2.30. The number of unbranched alkanes of at least 4 members (excludes halogenated alkanes) is 44. The predicted octanol–water partition coefficient (Wildman–Crippen LogP) is 24.0. The third-order valence-corrected chi connectivity index (χ3v) is 20.7. The number of ether oxygens (including phenoxy) is 4. The molecule has 0 saturated heterocycles. The van der Waals surface area contributed by atoms with Gasteiger partial charge < -0.3 is 33.8 Å². The Morgan fingerprint density at radius 1 is 0.250 bits per heavy atom. The van der Waals surface area contributed by atoms with Crippen molar-refractivity contribution >= 4 is 39.5 Å². The SMILES string of the molecule is CC(C)CCCCCCCCCCCCCCCCCCC(=O)OC[C@H](COP(=O)(O)OCC(O)COP(=O)(O)OC[C@@H](COC(=O)CCCCCCCCC(C)C)OC(=O)CCCCCCCCCCCCCCCCC(C)C)OC(=O)CCCCCCCCCCCCCCC(C)C. The minimum Gasteiger partial charge on any atom is -0.462 e. The van der Waals surface area contributed by atoms with Crippen molar-refractivity contribution in [2.24, 2.45) is 23.7 Å². The van der Waals surface area contributed by atoms with Crippen LogP contribution in [0.2, 0.25) is 0 Å². The van der Waals surface area contributed by atoms with E-state index >= 15 is 0 Å². The second-order valence-corrected chi connectivity index (χ2v) is 34.0. The molecule has 17 nitrogen and oxygen atoms in total. The summed E-state index contributed by atoms with van der Waals surface area (Å²) in [6, 6.07) is 0. The highest BCUT2D eigenvalue weighted by atomic mass is 31.2. The maximum absolute atomic E-state index is 13.1. The molecule has 19 heteroatoms. The van der Waals surface area contributed by atoms with Crippen LogP contribution in [0, 0.1) is 23.7 Å². The molecule has 5 atom stereocenters. The Hall–Kier alpha value is -1.94. The van der Waals surface area contributed by atoms with E-state index < -0.39 is 97.5 Å². The molecule has 0 bridgehead atoms. The molecule has 3 N–H and O–H groups in total. The second-order valence-electron chi connectivity index (χ2n) is 31.1. The summed E-state index contributed by atoms with van der Waals surface area (Å²) in [5.41, 5.74) is 0. The Balaban J connectivity index is 5.21. The summed E-state index contributed by atoms with van der Waals surface area (Å²) in [5, 5.41) is 10.6. The monoisotopic (exact) mass is 1470 g/mol. The highest BCUT2D eigenvalue weighted by Crippen LogP contribution is 2.45. The van der Waals surface area contributed by atoms with E-state index in [-0.39, 0.29) is 25.7 Å². The fraction of sp³-hybridized carbons (Fsp3) is 0.951. The van der Waals surface area contributed by atoms with Gasteiger partial charge >= 0.3 is 39.5 Å². The van der Waals surface area contributed by atoms with Crippen LogP contribution < -0.4 is 0 Å². The van der Waals surface area contributed by atoms with E-state index in [9.17, 15) is 43.2 Å². The van der Waals surface area contributed by atoms with Crippen molar-refractivity contribution in [2.45, 2.75) is 433 Å². The number of aliphatic hydroxyl groups is 1. The van der Waals surface area contributed by atoms with Crippen molar-refractivity contribution in [3.05, 3.63) is 0 Å². The average molecular weight is 1470 g/mol. The zero-order valence-electron chi connectivity index (χ0n) is 65.8. The van der Waals surface area contributed by atoms with Crippen LogP contribution in [0.15, 0.2) is 0 Å². The lowest BCUT2D eigenvalue weighted by atomic mass is 10.0. The van der Waals surface area contributed by atoms with Crippen LogP contribution in [0.4, 0.5) is 0 Å². The van der Waals surface area contributed by atoms with Crippen molar-refractivity contribution in [3.8, 4) is 0 Å². The van der Waals surface area contributed by atoms with Gasteiger partial charge in [0, 0.05) is 25.7 Å². The third kappa shape index (κ3) is 74.3. The molecule has 0 spiro atoms. The molecule has 0 aliphatic heterocycles. The van der Waals surface area contributed by atoms with E-state index in [0.717, 1.165) is 114 Å². The number of carbonyl (C=O) groups is 4. The second kappa shape index (κ2) is 70.1. The van der Waals surface area contributed by atoms with Gasteiger partial charge in [0.1, 0.15) is 19.3 Å². The number of hydrogen-bond donors (Lipinski definition) is 3. The quantitative estimate of drug-likeness (QED) is 0.0222. The number of phosphoric acid groups is 2. The van der Waals surface area contributed by atoms with Gasteiger partial charge in [0.25, 0.3) is 0 Å². The third-order valence-electron chi connectivity index (χ3n) is 18.8. The van der Waals surface area contributed by atoms with E-state index in [1.165, 1.54) is 212 Å². The van der Waals surface area contributed by atoms with Gasteiger partial charge in [0.05, 0.1) is 26.4 Å². The fourth-order valence-electron chi connectivity index (χ4n) is 12.4. The average Bonchev–Trinajstić information content (AvgIpc) is 0.935. The number of hydrogen-bond acceptors (Lipinski definition) is 15. The van der Waals surface area contributed by atoms with Gasteiger partial charge in [-0.05, 0) is 49.4 Å². The van der Waals surface area contributed by atoms with Crippen LogP contribution in [0.25, 0.3) is 0 Å². The Bertz CT molecular complexity index is 1950. The van der Waals surface area contributed by atoms with Gasteiger partial charge in [-0.25, -0.2) is 9.13 Å². The topological polar surface area (TPSA) is 237 Å². The Kier molecular flexibility index (Phi) is 68.7. The Labute approximate surface area is 613 Å². The summed E-state index contributed by atoms with van der Waals surface area (Å²) in [6.07, 6.45) is 57.1. The van der Waals surface area contributed by atoms with E-state index in [1.54, 1.807) is 0 Å².